The van der Waals surface area contributed by atoms with Gasteiger partial charge in [0.2, 0.25) is 0 Å². The molecule has 1 saturated heterocycles. The summed E-state index contributed by atoms with van der Waals surface area (Å²) in [6.45, 7) is 7.14. The summed E-state index contributed by atoms with van der Waals surface area (Å²) in [6, 6.07) is 0.840. The van der Waals surface area contributed by atoms with E-state index in [0.717, 1.165) is 17.9 Å². The third kappa shape index (κ3) is 2.16. The van der Waals surface area contributed by atoms with E-state index in [0.29, 0.717) is 5.54 Å². The Hall–Kier alpha value is -0.0400. The van der Waals surface area contributed by atoms with Gasteiger partial charge in [-0.1, -0.05) is 40.0 Å². The Bertz CT molecular complexity index is 209. The Balaban J connectivity index is 2.13. The summed E-state index contributed by atoms with van der Waals surface area (Å²) in [5, 5.41) is 4.03. The number of rotatable bonds is 3. The van der Waals surface area contributed by atoms with Crippen LogP contribution in [0.2, 0.25) is 0 Å². The van der Waals surface area contributed by atoms with Crippen LogP contribution in [0.15, 0.2) is 0 Å². The van der Waals surface area contributed by atoms with Crippen molar-refractivity contribution in [3.05, 3.63) is 0 Å². The Morgan fingerprint density at radius 1 is 1.06 bits per heavy atom. The molecule has 2 aliphatic rings. The highest BCUT2D eigenvalue weighted by Crippen LogP contribution is 2.43. The molecule has 0 spiro atoms. The zero-order valence-electron chi connectivity index (χ0n) is 11.4. The molecule has 1 N–H and O–H groups in total. The van der Waals surface area contributed by atoms with Crippen molar-refractivity contribution in [2.75, 3.05) is 0 Å². The first-order valence-corrected chi connectivity index (χ1v) is 7.52. The SMILES string of the molecule is CCC1CC(CC)(CC)NC2CCCCC12. The molecule has 16 heavy (non-hydrogen) atoms. The van der Waals surface area contributed by atoms with Gasteiger partial charge in [-0.05, 0) is 43.9 Å². The highest BCUT2D eigenvalue weighted by atomic mass is 15.0. The summed E-state index contributed by atoms with van der Waals surface area (Å²) in [7, 11) is 0. The molecule has 0 aromatic heterocycles. The molecule has 1 aliphatic carbocycles. The van der Waals surface area contributed by atoms with E-state index in [9.17, 15) is 0 Å². The molecule has 1 heteroatoms. The van der Waals surface area contributed by atoms with Crippen LogP contribution < -0.4 is 5.32 Å². The minimum Gasteiger partial charge on any atom is -0.308 e. The molecule has 1 heterocycles. The van der Waals surface area contributed by atoms with Crippen LogP contribution >= 0.6 is 0 Å². The maximum absolute atomic E-state index is 4.03. The molecule has 2 fully saturated rings. The second-order valence-corrected chi connectivity index (χ2v) is 6.06. The smallest absolute Gasteiger partial charge is 0.0181 e. The monoisotopic (exact) mass is 223 g/mol. The van der Waals surface area contributed by atoms with Crippen molar-refractivity contribution in [1.82, 2.24) is 5.32 Å². The molecule has 1 aliphatic heterocycles. The van der Waals surface area contributed by atoms with Crippen LogP contribution in [0.4, 0.5) is 0 Å². The number of hydrogen-bond acceptors (Lipinski definition) is 1. The molecule has 94 valence electrons. The van der Waals surface area contributed by atoms with Crippen molar-refractivity contribution in [3.63, 3.8) is 0 Å². The van der Waals surface area contributed by atoms with Crippen LogP contribution in [0, 0.1) is 11.8 Å². The quantitative estimate of drug-likeness (QED) is 0.759. The van der Waals surface area contributed by atoms with Crippen LogP contribution in [0.1, 0.15) is 72.1 Å². The van der Waals surface area contributed by atoms with Crippen molar-refractivity contribution in [1.29, 1.82) is 0 Å². The molecule has 1 saturated carbocycles. The van der Waals surface area contributed by atoms with Crippen molar-refractivity contribution >= 4 is 0 Å². The van der Waals surface area contributed by atoms with Gasteiger partial charge in [-0.3, -0.25) is 0 Å². The number of fused-ring (bicyclic) bond motifs is 1. The third-order valence-electron chi connectivity index (χ3n) is 5.45. The van der Waals surface area contributed by atoms with Gasteiger partial charge >= 0.3 is 0 Å². The minimum atomic E-state index is 0.471. The lowest BCUT2D eigenvalue weighted by Crippen LogP contribution is -2.60. The van der Waals surface area contributed by atoms with E-state index in [1.807, 2.05) is 0 Å². The summed E-state index contributed by atoms with van der Waals surface area (Å²) < 4.78 is 0. The van der Waals surface area contributed by atoms with Crippen molar-refractivity contribution in [2.24, 2.45) is 11.8 Å². The standard InChI is InChI=1S/C15H29N/c1-4-12-11-15(5-2,6-3)16-14-10-8-7-9-13(12)14/h12-14,16H,4-11H2,1-3H3. The number of nitrogens with one attached hydrogen (secondary N) is 1. The molecular weight excluding hydrogens is 194 g/mol. The normalized spacial score (nSPS) is 38.1. The van der Waals surface area contributed by atoms with E-state index in [-0.39, 0.29) is 0 Å². The zero-order chi connectivity index (χ0) is 11.6. The van der Waals surface area contributed by atoms with Gasteiger partial charge in [0.05, 0.1) is 0 Å². The topological polar surface area (TPSA) is 12.0 Å². The summed E-state index contributed by atoms with van der Waals surface area (Å²) >= 11 is 0. The summed E-state index contributed by atoms with van der Waals surface area (Å²) in [5.41, 5.74) is 0.471. The van der Waals surface area contributed by atoms with Crippen molar-refractivity contribution in [2.45, 2.75) is 83.7 Å². The fraction of sp³-hybridized carbons (Fsp3) is 1.00. The lowest BCUT2D eigenvalue weighted by Gasteiger charge is -2.51. The Morgan fingerprint density at radius 2 is 1.75 bits per heavy atom. The fourth-order valence-electron chi connectivity index (χ4n) is 4.20. The van der Waals surface area contributed by atoms with Crippen molar-refractivity contribution < 1.29 is 0 Å². The molecular formula is C15H29N. The maximum atomic E-state index is 4.03. The molecule has 0 aromatic rings. The minimum absolute atomic E-state index is 0.471. The van der Waals surface area contributed by atoms with E-state index >= 15 is 0 Å². The number of piperidine rings is 1. The van der Waals surface area contributed by atoms with Gasteiger partial charge in [0.1, 0.15) is 0 Å². The lowest BCUT2D eigenvalue weighted by atomic mass is 9.65. The first-order chi connectivity index (χ1) is 7.74. The molecule has 0 radical (unpaired) electrons. The zero-order valence-corrected chi connectivity index (χ0v) is 11.4. The fourth-order valence-corrected chi connectivity index (χ4v) is 4.20. The average Bonchev–Trinajstić information content (AvgIpc) is 2.37. The second-order valence-electron chi connectivity index (χ2n) is 6.06. The Labute approximate surface area is 101 Å². The van der Waals surface area contributed by atoms with Crippen LogP contribution in [-0.4, -0.2) is 11.6 Å². The van der Waals surface area contributed by atoms with E-state index in [4.69, 9.17) is 0 Å². The van der Waals surface area contributed by atoms with E-state index in [2.05, 4.69) is 26.1 Å². The molecule has 0 bridgehead atoms. The lowest BCUT2D eigenvalue weighted by molar-refractivity contribution is 0.0502. The van der Waals surface area contributed by atoms with Gasteiger partial charge in [-0.15, -0.1) is 0 Å². The highest BCUT2D eigenvalue weighted by Gasteiger charge is 2.43. The molecule has 3 atom stereocenters. The first kappa shape index (κ1) is 12.4. The second kappa shape index (κ2) is 5.08. The average molecular weight is 223 g/mol. The molecule has 1 nitrogen and oxygen atoms in total. The largest absolute Gasteiger partial charge is 0.308 e. The molecule has 2 rings (SSSR count). The summed E-state index contributed by atoms with van der Waals surface area (Å²) in [4.78, 5) is 0. The van der Waals surface area contributed by atoms with Gasteiger partial charge in [-0.25, -0.2) is 0 Å². The summed E-state index contributed by atoms with van der Waals surface area (Å²) in [6.07, 6.45) is 11.3. The predicted molar refractivity (Wildman–Crippen MR) is 70.6 cm³/mol. The highest BCUT2D eigenvalue weighted by molar-refractivity contribution is 5.00. The van der Waals surface area contributed by atoms with Gasteiger partial charge in [0.15, 0.2) is 0 Å². The van der Waals surface area contributed by atoms with Crippen LogP contribution in [-0.2, 0) is 0 Å². The van der Waals surface area contributed by atoms with Crippen molar-refractivity contribution in [3.8, 4) is 0 Å². The van der Waals surface area contributed by atoms with Gasteiger partial charge in [0, 0.05) is 11.6 Å². The predicted octanol–water partition coefficient (Wildman–Crippen LogP) is 4.12. The van der Waals surface area contributed by atoms with Crippen LogP contribution in [0.3, 0.4) is 0 Å². The number of hydrogen-bond donors (Lipinski definition) is 1. The van der Waals surface area contributed by atoms with E-state index in [1.54, 1.807) is 0 Å². The Kier molecular flexibility index (Phi) is 3.94. The van der Waals surface area contributed by atoms with Gasteiger partial charge < -0.3 is 5.32 Å². The van der Waals surface area contributed by atoms with Gasteiger partial charge in [-0.2, -0.15) is 0 Å². The maximum Gasteiger partial charge on any atom is 0.0181 e. The summed E-state index contributed by atoms with van der Waals surface area (Å²) in [5.74, 6) is 1.98. The third-order valence-corrected chi connectivity index (χ3v) is 5.45. The Morgan fingerprint density at radius 3 is 2.38 bits per heavy atom. The molecule has 0 aromatic carbocycles. The first-order valence-electron chi connectivity index (χ1n) is 7.52. The van der Waals surface area contributed by atoms with E-state index < -0.39 is 0 Å². The molecule has 0 amide bonds. The van der Waals surface area contributed by atoms with Crippen LogP contribution in [0.5, 0.6) is 0 Å². The van der Waals surface area contributed by atoms with Crippen LogP contribution in [0.25, 0.3) is 0 Å². The van der Waals surface area contributed by atoms with Gasteiger partial charge in [0.25, 0.3) is 0 Å². The molecule has 3 unspecified atom stereocenters. The van der Waals surface area contributed by atoms with E-state index in [1.165, 1.54) is 51.4 Å².